The predicted octanol–water partition coefficient (Wildman–Crippen LogP) is 4.50. The highest BCUT2D eigenvalue weighted by Gasteiger charge is 2.52. The van der Waals surface area contributed by atoms with Gasteiger partial charge in [-0.25, -0.2) is 4.39 Å². The van der Waals surface area contributed by atoms with Crippen LogP contribution in [0.2, 0.25) is 5.02 Å². The number of hydrogen-bond acceptors (Lipinski definition) is 2. The first-order chi connectivity index (χ1) is 13.8. The van der Waals surface area contributed by atoms with Crippen LogP contribution in [0.3, 0.4) is 0 Å². The number of nitrogens with zero attached hydrogens (tertiary/aromatic N) is 1. The van der Waals surface area contributed by atoms with Gasteiger partial charge in [0.1, 0.15) is 5.82 Å². The Bertz CT molecular complexity index is 1020. The molecule has 1 N–H and O–H groups in total. The van der Waals surface area contributed by atoms with Crippen molar-refractivity contribution in [2.45, 2.75) is 32.0 Å². The summed E-state index contributed by atoms with van der Waals surface area (Å²) in [5.41, 5.74) is -0.0264. The van der Waals surface area contributed by atoms with Gasteiger partial charge in [-0.15, -0.1) is 0 Å². The molecule has 1 saturated heterocycles. The summed E-state index contributed by atoms with van der Waals surface area (Å²) in [6.07, 6.45) is 5.32. The van der Waals surface area contributed by atoms with Gasteiger partial charge in [-0.1, -0.05) is 47.9 Å². The second-order valence-electron chi connectivity index (χ2n) is 6.85. The third-order valence-electron chi connectivity index (χ3n) is 4.87. The number of halogens is 2. The summed E-state index contributed by atoms with van der Waals surface area (Å²) < 4.78 is 13.1. The van der Waals surface area contributed by atoms with Gasteiger partial charge in [-0.05, 0) is 61.7 Å². The van der Waals surface area contributed by atoms with Gasteiger partial charge in [0.2, 0.25) is 5.60 Å². The third-order valence-corrected chi connectivity index (χ3v) is 5.12. The number of benzene rings is 2. The van der Waals surface area contributed by atoms with Crippen LogP contribution in [0.1, 0.15) is 25.0 Å². The van der Waals surface area contributed by atoms with Gasteiger partial charge < -0.3 is 10.0 Å². The monoisotopic (exact) mass is 409 g/mol. The molecular formula is C24H21ClFNO2. The molecule has 0 bridgehead atoms. The molecule has 0 spiro atoms. The first kappa shape index (κ1) is 20.9. The molecular weight excluding hydrogens is 389 g/mol. The summed E-state index contributed by atoms with van der Waals surface area (Å²) in [5, 5.41) is 11.9. The third kappa shape index (κ3) is 4.42. The predicted molar refractivity (Wildman–Crippen MR) is 113 cm³/mol. The van der Waals surface area contributed by atoms with Crippen molar-refractivity contribution in [2.75, 3.05) is 0 Å². The molecule has 2 aromatic rings. The Labute approximate surface area is 175 Å². The average molecular weight is 410 g/mol. The lowest BCUT2D eigenvalue weighted by atomic mass is 9.92. The molecule has 2 aromatic carbocycles. The zero-order valence-electron chi connectivity index (χ0n) is 16.2. The highest BCUT2D eigenvalue weighted by atomic mass is 35.5. The number of carbonyl (C=O) groups is 1. The van der Waals surface area contributed by atoms with E-state index in [4.69, 9.17) is 11.6 Å². The van der Waals surface area contributed by atoms with Gasteiger partial charge in [0.15, 0.2) is 0 Å². The molecule has 0 saturated carbocycles. The molecule has 1 fully saturated rings. The Morgan fingerprint density at radius 1 is 1.21 bits per heavy atom. The normalized spacial score (nSPS) is 22.9. The maximum atomic E-state index is 13.2. The summed E-state index contributed by atoms with van der Waals surface area (Å²) >= 11 is 5.94. The summed E-state index contributed by atoms with van der Waals surface area (Å²) in [7, 11) is 0. The fourth-order valence-electron chi connectivity index (χ4n) is 3.25. The van der Waals surface area contributed by atoms with Crippen LogP contribution in [0.5, 0.6) is 0 Å². The first-order valence-electron chi connectivity index (χ1n) is 9.25. The number of carbonyl (C=O) groups excluding carboxylic acids is 1. The number of amides is 1. The number of likely N-dealkylation sites (tertiary alicyclic amines) is 1. The maximum absolute atomic E-state index is 13.2. The topological polar surface area (TPSA) is 40.5 Å². The smallest absolute Gasteiger partial charge is 0.272 e. The molecule has 2 unspecified atom stereocenters. The molecule has 1 aliphatic heterocycles. The molecule has 2 atom stereocenters. The minimum Gasteiger partial charge on any atom is -0.366 e. The van der Waals surface area contributed by atoms with E-state index in [2.05, 4.69) is 11.8 Å². The van der Waals surface area contributed by atoms with Gasteiger partial charge in [-0.2, -0.15) is 0 Å². The largest absolute Gasteiger partial charge is 0.366 e. The van der Waals surface area contributed by atoms with Crippen LogP contribution in [-0.4, -0.2) is 27.6 Å². The standard InChI is InChI=1S/C24H21ClFNO2/c1-3-4-5-22-17(2)27(16-19-6-10-20(25)11-7-19)23(28)24(22,29)15-14-18-8-12-21(26)13-9-18/h3-13,17,29H,16H2,1-2H3/b4-3-,22-5+. The summed E-state index contributed by atoms with van der Waals surface area (Å²) in [4.78, 5) is 14.8. The SMILES string of the molecule is C/C=C\C=C1/C(C)N(Cc2ccc(Cl)cc2)C(=O)C1(O)C#Cc1ccc(F)cc1. The molecule has 148 valence electrons. The molecule has 3 rings (SSSR count). The van der Waals surface area contributed by atoms with Crippen molar-refractivity contribution in [3.63, 3.8) is 0 Å². The van der Waals surface area contributed by atoms with Gasteiger partial charge >= 0.3 is 0 Å². The molecule has 0 radical (unpaired) electrons. The number of aliphatic hydroxyl groups is 1. The van der Waals surface area contributed by atoms with Crippen molar-refractivity contribution < 1.29 is 14.3 Å². The van der Waals surface area contributed by atoms with Crippen LogP contribution < -0.4 is 0 Å². The highest BCUT2D eigenvalue weighted by Crippen LogP contribution is 2.35. The lowest BCUT2D eigenvalue weighted by molar-refractivity contribution is -0.139. The summed E-state index contributed by atoms with van der Waals surface area (Å²) in [5.74, 6) is 4.68. The second-order valence-corrected chi connectivity index (χ2v) is 7.29. The van der Waals surface area contributed by atoms with Gasteiger partial charge in [0, 0.05) is 22.7 Å². The number of hydrogen-bond donors (Lipinski definition) is 1. The van der Waals surface area contributed by atoms with Gasteiger partial charge in [0.05, 0.1) is 6.04 Å². The fraction of sp³-hybridized carbons (Fsp3) is 0.208. The van der Waals surface area contributed by atoms with Crippen molar-refractivity contribution in [3.05, 3.63) is 94.3 Å². The van der Waals surface area contributed by atoms with E-state index in [1.165, 1.54) is 24.3 Å². The van der Waals surface area contributed by atoms with Crippen LogP contribution in [0, 0.1) is 17.7 Å². The van der Waals surface area contributed by atoms with Crippen molar-refractivity contribution >= 4 is 17.5 Å². The Balaban J connectivity index is 1.98. The summed E-state index contributed by atoms with van der Waals surface area (Å²) in [6.45, 7) is 4.04. The molecule has 29 heavy (non-hydrogen) atoms. The minimum absolute atomic E-state index is 0.324. The van der Waals surface area contributed by atoms with E-state index in [1.54, 1.807) is 29.2 Å². The van der Waals surface area contributed by atoms with Gasteiger partial charge in [-0.3, -0.25) is 4.79 Å². The van der Waals surface area contributed by atoms with E-state index in [9.17, 15) is 14.3 Å². The number of allylic oxidation sites excluding steroid dienone is 3. The lowest BCUT2D eigenvalue weighted by Crippen LogP contribution is -2.39. The Kier molecular flexibility index (Phi) is 6.22. The van der Waals surface area contributed by atoms with E-state index in [-0.39, 0.29) is 11.9 Å². The van der Waals surface area contributed by atoms with E-state index in [0.29, 0.717) is 22.7 Å². The van der Waals surface area contributed by atoms with E-state index < -0.39 is 11.5 Å². The van der Waals surface area contributed by atoms with Crippen molar-refractivity contribution in [1.29, 1.82) is 0 Å². The quantitative estimate of drug-likeness (QED) is 0.758. The van der Waals surface area contributed by atoms with Crippen molar-refractivity contribution in [3.8, 4) is 11.8 Å². The lowest BCUT2D eigenvalue weighted by Gasteiger charge is -2.21. The van der Waals surface area contributed by atoms with Crippen LogP contribution >= 0.6 is 11.6 Å². The van der Waals surface area contributed by atoms with E-state index in [0.717, 1.165) is 5.56 Å². The van der Waals surface area contributed by atoms with Crippen LogP contribution in [0.15, 0.2) is 72.3 Å². The Morgan fingerprint density at radius 2 is 1.86 bits per heavy atom. The fourth-order valence-corrected chi connectivity index (χ4v) is 3.38. The van der Waals surface area contributed by atoms with E-state index >= 15 is 0 Å². The van der Waals surface area contributed by atoms with Crippen molar-refractivity contribution in [2.24, 2.45) is 0 Å². The maximum Gasteiger partial charge on any atom is 0.272 e. The Hall–Kier alpha value is -2.87. The minimum atomic E-state index is -1.94. The van der Waals surface area contributed by atoms with Crippen LogP contribution in [-0.2, 0) is 11.3 Å². The Morgan fingerprint density at radius 3 is 2.48 bits per heavy atom. The van der Waals surface area contributed by atoms with Crippen LogP contribution in [0.25, 0.3) is 0 Å². The van der Waals surface area contributed by atoms with Gasteiger partial charge in [0.25, 0.3) is 5.91 Å². The molecule has 0 aromatic heterocycles. The van der Waals surface area contributed by atoms with E-state index in [1.807, 2.05) is 32.1 Å². The average Bonchev–Trinajstić information content (AvgIpc) is 2.88. The zero-order chi connectivity index (χ0) is 21.0. The van der Waals surface area contributed by atoms with Crippen molar-refractivity contribution in [1.82, 2.24) is 4.90 Å². The first-order valence-corrected chi connectivity index (χ1v) is 9.63. The molecule has 3 nitrogen and oxygen atoms in total. The zero-order valence-corrected chi connectivity index (χ0v) is 16.9. The molecule has 0 aliphatic carbocycles. The molecule has 1 aliphatic rings. The second kappa shape index (κ2) is 8.65. The highest BCUT2D eigenvalue weighted by molar-refractivity contribution is 6.30. The molecule has 1 amide bonds. The summed E-state index contributed by atoms with van der Waals surface area (Å²) in [6, 6.07) is 12.5. The number of rotatable bonds is 3. The molecule has 1 heterocycles. The van der Waals surface area contributed by atoms with Crippen LogP contribution in [0.4, 0.5) is 4.39 Å². The molecule has 5 heteroatoms.